The van der Waals surface area contributed by atoms with Crippen molar-refractivity contribution in [3.05, 3.63) is 29.6 Å². The number of nitrogens with one attached hydrogen (secondary N) is 2. The Kier molecular flexibility index (Phi) is 2.38. The summed E-state index contributed by atoms with van der Waals surface area (Å²) in [6.45, 7) is 3.80. The molecule has 4 heteroatoms. The summed E-state index contributed by atoms with van der Waals surface area (Å²) < 4.78 is 5.42. The quantitative estimate of drug-likeness (QED) is 0.701. The highest BCUT2D eigenvalue weighted by Crippen LogP contribution is 2.31. The number of fused-ring (bicyclic) bond motifs is 2. The van der Waals surface area contributed by atoms with Crippen LogP contribution in [0.25, 0.3) is 21.8 Å². The van der Waals surface area contributed by atoms with Gasteiger partial charge < -0.3 is 14.9 Å². The number of H-pyrrole nitrogens is 2. The van der Waals surface area contributed by atoms with E-state index in [2.05, 4.69) is 35.3 Å². The van der Waals surface area contributed by atoms with E-state index in [4.69, 9.17) is 9.72 Å². The normalized spacial score (nSPS) is 17.5. The summed E-state index contributed by atoms with van der Waals surface area (Å²) in [6, 6.07) is 6.60. The second-order valence-corrected chi connectivity index (χ2v) is 5.40. The molecular weight excluding hydrogens is 238 g/mol. The van der Waals surface area contributed by atoms with Crippen molar-refractivity contribution in [3.8, 4) is 0 Å². The molecule has 0 unspecified atom stereocenters. The Labute approximate surface area is 111 Å². The van der Waals surface area contributed by atoms with Crippen LogP contribution in [0.5, 0.6) is 0 Å². The predicted octanol–water partition coefficient (Wildman–Crippen LogP) is 3.25. The van der Waals surface area contributed by atoms with Crippen molar-refractivity contribution in [1.29, 1.82) is 0 Å². The molecule has 0 spiro atoms. The standard InChI is InChI=1S/C15H17N3O/c1-9-12-8-14-11(7-15(12)18-17-9)6-13(16-14)10-2-4-19-5-3-10/h6-8,10,17-18H,2-5H2,1H3. The van der Waals surface area contributed by atoms with Gasteiger partial charge in [0.1, 0.15) is 0 Å². The minimum absolute atomic E-state index is 0.562. The highest BCUT2D eigenvalue weighted by Gasteiger charge is 2.19. The second kappa shape index (κ2) is 4.10. The Morgan fingerprint density at radius 1 is 1.16 bits per heavy atom. The molecule has 0 bridgehead atoms. The molecule has 19 heavy (non-hydrogen) atoms. The largest absolute Gasteiger partial charge is 0.381 e. The van der Waals surface area contributed by atoms with Crippen LogP contribution in [0.15, 0.2) is 18.2 Å². The molecule has 4 rings (SSSR count). The minimum Gasteiger partial charge on any atom is -0.381 e. The highest BCUT2D eigenvalue weighted by molar-refractivity contribution is 5.96. The number of hydrogen-bond donors (Lipinski definition) is 2. The summed E-state index contributed by atoms with van der Waals surface area (Å²) in [4.78, 5) is 4.82. The summed E-state index contributed by atoms with van der Waals surface area (Å²) in [7, 11) is 0. The maximum atomic E-state index is 5.42. The van der Waals surface area contributed by atoms with Crippen LogP contribution in [-0.2, 0) is 4.74 Å². The molecule has 4 nitrogen and oxygen atoms in total. The van der Waals surface area contributed by atoms with E-state index in [9.17, 15) is 0 Å². The van der Waals surface area contributed by atoms with Crippen molar-refractivity contribution in [2.24, 2.45) is 0 Å². The zero-order chi connectivity index (χ0) is 12.8. The van der Waals surface area contributed by atoms with Gasteiger partial charge in [-0.15, -0.1) is 0 Å². The van der Waals surface area contributed by atoms with Crippen molar-refractivity contribution in [1.82, 2.24) is 15.2 Å². The van der Waals surface area contributed by atoms with Crippen molar-refractivity contribution in [2.45, 2.75) is 25.7 Å². The molecule has 3 aromatic rings. The fourth-order valence-corrected chi connectivity index (χ4v) is 2.99. The van der Waals surface area contributed by atoms with Gasteiger partial charge in [-0.05, 0) is 38.0 Å². The summed E-state index contributed by atoms with van der Waals surface area (Å²) in [5.74, 6) is 0.562. The predicted molar refractivity (Wildman–Crippen MR) is 75.5 cm³/mol. The first-order valence-electron chi connectivity index (χ1n) is 6.86. The van der Waals surface area contributed by atoms with E-state index in [0.717, 1.165) is 42.8 Å². The van der Waals surface area contributed by atoms with E-state index in [1.807, 2.05) is 0 Å². The molecular formula is C15H17N3O. The van der Waals surface area contributed by atoms with Gasteiger partial charge in [0, 0.05) is 41.3 Å². The number of benzene rings is 1. The molecule has 1 fully saturated rings. The van der Waals surface area contributed by atoms with Crippen LogP contribution in [0.2, 0.25) is 0 Å². The summed E-state index contributed by atoms with van der Waals surface area (Å²) in [6.07, 6.45) is 2.18. The van der Waals surface area contributed by atoms with Gasteiger partial charge in [0.25, 0.3) is 0 Å². The fourth-order valence-electron chi connectivity index (χ4n) is 2.99. The van der Waals surface area contributed by atoms with E-state index in [0.29, 0.717) is 5.92 Å². The van der Waals surface area contributed by atoms with Crippen molar-refractivity contribution >= 4 is 21.8 Å². The highest BCUT2D eigenvalue weighted by atomic mass is 16.5. The maximum Gasteiger partial charge on any atom is 0.0714 e. The lowest BCUT2D eigenvalue weighted by molar-refractivity contribution is 0.0846. The lowest BCUT2D eigenvalue weighted by atomic mass is 9.97. The third kappa shape index (κ3) is 1.75. The van der Waals surface area contributed by atoms with Gasteiger partial charge in [0.15, 0.2) is 0 Å². The minimum atomic E-state index is 0.562. The van der Waals surface area contributed by atoms with Crippen LogP contribution >= 0.6 is 0 Å². The average Bonchev–Trinajstić information content (AvgIpc) is 3.02. The third-order valence-corrected chi connectivity index (χ3v) is 4.15. The first kappa shape index (κ1) is 11.1. The van der Waals surface area contributed by atoms with Crippen LogP contribution in [0.3, 0.4) is 0 Å². The maximum absolute atomic E-state index is 5.42. The van der Waals surface area contributed by atoms with Gasteiger partial charge in [0.05, 0.1) is 11.0 Å². The molecule has 2 aromatic heterocycles. The Morgan fingerprint density at radius 3 is 2.84 bits per heavy atom. The molecule has 1 aliphatic rings. The topological polar surface area (TPSA) is 53.7 Å². The Morgan fingerprint density at radius 2 is 2.00 bits per heavy atom. The molecule has 0 atom stereocenters. The van der Waals surface area contributed by atoms with Gasteiger partial charge in [-0.2, -0.15) is 0 Å². The number of aryl methyl sites for hydroxylation is 1. The van der Waals surface area contributed by atoms with Crippen molar-refractivity contribution < 1.29 is 4.74 Å². The van der Waals surface area contributed by atoms with E-state index < -0.39 is 0 Å². The molecule has 1 saturated heterocycles. The zero-order valence-electron chi connectivity index (χ0n) is 11.0. The molecule has 0 aliphatic carbocycles. The summed E-state index contributed by atoms with van der Waals surface area (Å²) >= 11 is 0. The number of nitrogens with zero attached hydrogens (tertiary/aromatic N) is 1. The molecule has 3 heterocycles. The summed E-state index contributed by atoms with van der Waals surface area (Å²) in [5, 5.41) is 8.80. The van der Waals surface area contributed by atoms with Crippen LogP contribution < -0.4 is 0 Å². The zero-order valence-corrected chi connectivity index (χ0v) is 11.0. The molecule has 1 aromatic carbocycles. The van der Waals surface area contributed by atoms with Gasteiger partial charge in [-0.25, -0.2) is 0 Å². The number of aromatic amines is 2. The van der Waals surface area contributed by atoms with Gasteiger partial charge in [0.2, 0.25) is 0 Å². The number of aromatic nitrogens is 3. The lowest BCUT2D eigenvalue weighted by Gasteiger charge is -2.20. The molecule has 98 valence electrons. The van der Waals surface area contributed by atoms with E-state index >= 15 is 0 Å². The van der Waals surface area contributed by atoms with E-state index in [1.165, 1.54) is 16.5 Å². The summed E-state index contributed by atoms with van der Waals surface area (Å²) in [5.41, 5.74) is 4.64. The lowest BCUT2D eigenvalue weighted by Crippen LogP contribution is -2.14. The SMILES string of the molecule is Cc1[nH][nH]c2cc3cc(C4CCOCC4)nc3cc12. The molecule has 0 radical (unpaired) electrons. The number of rotatable bonds is 1. The monoisotopic (exact) mass is 255 g/mol. The van der Waals surface area contributed by atoms with Crippen molar-refractivity contribution in [3.63, 3.8) is 0 Å². The van der Waals surface area contributed by atoms with Crippen molar-refractivity contribution in [2.75, 3.05) is 13.2 Å². The molecule has 0 amide bonds. The van der Waals surface area contributed by atoms with Crippen LogP contribution in [-0.4, -0.2) is 28.4 Å². The fraction of sp³-hybridized carbons (Fsp3) is 0.400. The molecule has 0 saturated carbocycles. The van der Waals surface area contributed by atoms with Gasteiger partial charge in [-0.1, -0.05) is 0 Å². The number of hydrogen-bond acceptors (Lipinski definition) is 2. The van der Waals surface area contributed by atoms with Crippen LogP contribution in [0.4, 0.5) is 0 Å². The van der Waals surface area contributed by atoms with E-state index in [-0.39, 0.29) is 0 Å². The molecule has 1 aliphatic heterocycles. The number of ether oxygens (including phenoxy) is 1. The van der Waals surface area contributed by atoms with E-state index in [1.54, 1.807) is 0 Å². The Hall–Kier alpha value is -1.81. The van der Waals surface area contributed by atoms with Crippen LogP contribution in [0.1, 0.15) is 30.1 Å². The van der Waals surface area contributed by atoms with Gasteiger partial charge >= 0.3 is 0 Å². The average molecular weight is 255 g/mol. The first-order chi connectivity index (χ1) is 9.31. The Bertz CT molecular complexity index is 734. The first-order valence-corrected chi connectivity index (χ1v) is 6.86. The Balaban J connectivity index is 1.83. The third-order valence-electron chi connectivity index (χ3n) is 4.15. The van der Waals surface area contributed by atoms with Gasteiger partial charge in [-0.3, -0.25) is 4.98 Å². The smallest absolute Gasteiger partial charge is 0.0714 e. The molecule has 2 N–H and O–H groups in total. The van der Waals surface area contributed by atoms with Crippen LogP contribution in [0, 0.1) is 6.92 Å². The second-order valence-electron chi connectivity index (χ2n) is 5.40.